The molecule has 0 saturated carbocycles. The van der Waals surface area contributed by atoms with E-state index in [9.17, 15) is 12.8 Å². The summed E-state index contributed by atoms with van der Waals surface area (Å²) in [6.45, 7) is 2.12. The van der Waals surface area contributed by atoms with E-state index in [-0.39, 0.29) is 21.6 Å². The van der Waals surface area contributed by atoms with Crippen molar-refractivity contribution in [2.45, 2.75) is 18.2 Å². The largest absolute Gasteiger partial charge is 0.398 e. The smallest absolute Gasteiger partial charge is 0.242 e. The molecule has 0 radical (unpaired) electrons. The third-order valence-electron chi connectivity index (χ3n) is 2.18. The number of nitrogens with two attached hydrogens (primary N) is 1. The van der Waals surface area contributed by atoms with Crippen LogP contribution in [0.1, 0.15) is 13.3 Å². The minimum absolute atomic E-state index is 0.0607. The standard InChI is InChI=1S/C11H14BrFN2O2S/c1-2-3-4-5-15-18(16,17)11-6-8(12)9(13)7-10(11)14/h2-3,6-7,15H,4-5,14H2,1H3/b3-2+. The lowest BCUT2D eigenvalue weighted by Gasteiger charge is -2.09. The van der Waals surface area contributed by atoms with Gasteiger partial charge in [-0.05, 0) is 41.4 Å². The summed E-state index contributed by atoms with van der Waals surface area (Å²) in [6, 6.07) is 2.13. The van der Waals surface area contributed by atoms with Crippen LogP contribution in [0, 0.1) is 5.82 Å². The van der Waals surface area contributed by atoms with E-state index in [1.54, 1.807) is 0 Å². The van der Waals surface area contributed by atoms with Gasteiger partial charge in [-0.25, -0.2) is 17.5 Å². The van der Waals surface area contributed by atoms with Crippen molar-refractivity contribution in [1.29, 1.82) is 0 Å². The van der Waals surface area contributed by atoms with Gasteiger partial charge in [-0.15, -0.1) is 0 Å². The first-order chi connectivity index (χ1) is 8.38. The molecule has 0 aliphatic carbocycles. The second-order valence-corrected chi connectivity index (χ2v) is 6.15. The van der Waals surface area contributed by atoms with Crippen LogP contribution in [-0.4, -0.2) is 15.0 Å². The van der Waals surface area contributed by atoms with Gasteiger partial charge in [-0.1, -0.05) is 12.2 Å². The summed E-state index contributed by atoms with van der Waals surface area (Å²) in [5.41, 5.74) is 5.40. The van der Waals surface area contributed by atoms with Gasteiger partial charge in [-0.2, -0.15) is 0 Å². The van der Waals surface area contributed by atoms with Crippen molar-refractivity contribution >= 4 is 31.6 Å². The van der Waals surface area contributed by atoms with E-state index in [0.29, 0.717) is 6.42 Å². The van der Waals surface area contributed by atoms with Crippen LogP contribution >= 0.6 is 15.9 Å². The fraction of sp³-hybridized carbons (Fsp3) is 0.273. The Labute approximate surface area is 114 Å². The van der Waals surface area contributed by atoms with E-state index < -0.39 is 15.8 Å². The van der Waals surface area contributed by atoms with Gasteiger partial charge in [0.1, 0.15) is 10.7 Å². The van der Waals surface area contributed by atoms with E-state index in [1.165, 1.54) is 0 Å². The average molecular weight is 337 g/mol. The monoisotopic (exact) mass is 336 g/mol. The molecule has 0 heterocycles. The molecule has 4 nitrogen and oxygen atoms in total. The Bertz CT molecular complexity index is 558. The molecule has 18 heavy (non-hydrogen) atoms. The summed E-state index contributed by atoms with van der Waals surface area (Å²) in [4.78, 5) is -0.128. The molecule has 0 saturated heterocycles. The number of rotatable bonds is 5. The van der Waals surface area contributed by atoms with Gasteiger partial charge >= 0.3 is 0 Å². The first-order valence-electron chi connectivity index (χ1n) is 5.24. The minimum atomic E-state index is -3.72. The van der Waals surface area contributed by atoms with Gasteiger partial charge in [0, 0.05) is 6.54 Å². The van der Waals surface area contributed by atoms with Gasteiger partial charge in [0.05, 0.1) is 10.2 Å². The maximum absolute atomic E-state index is 13.1. The topological polar surface area (TPSA) is 72.2 Å². The molecule has 7 heteroatoms. The highest BCUT2D eigenvalue weighted by molar-refractivity contribution is 9.10. The quantitative estimate of drug-likeness (QED) is 0.492. The molecule has 0 atom stereocenters. The van der Waals surface area contributed by atoms with Crippen LogP contribution in [0.5, 0.6) is 0 Å². The van der Waals surface area contributed by atoms with Crippen molar-refractivity contribution in [3.63, 3.8) is 0 Å². The molecule has 1 aromatic rings. The van der Waals surface area contributed by atoms with Crippen molar-refractivity contribution in [2.24, 2.45) is 0 Å². The zero-order valence-electron chi connectivity index (χ0n) is 9.78. The maximum Gasteiger partial charge on any atom is 0.242 e. The van der Waals surface area contributed by atoms with Crippen LogP contribution in [0.4, 0.5) is 10.1 Å². The Morgan fingerprint density at radius 1 is 1.50 bits per heavy atom. The number of anilines is 1. The number of benzene rings is 1. The van der Waals surface area contributed by atoms with Crippen LogP contribution in [0.2, 0.25) is 0 Å². The SMILES string of the molecule is C/C=C/CCNS(=O)(=O)c1cc(Br)c(F)cc1N. The number of halogens is 2. The third-order valence-corrected chi connectivity index (χ3v) is 4.31. The second-order valence-electron chi connectivity index (χ2n) is 3.56. The van der Waals surface area contributed by atoms with Gasteiger partial charge < -0.3 is 5.73 Å². The molecular formula is C11H14BrFN2O2S. The van der Waals surface area contributed by atoms with Crippen molar-refractivity contribution in [3.05, 3.63) is 34.6 Å². The van der Waals surface area contributed by atoms with Gasteiger partial charge in [0.25, 0.3) is 0 Å². The van der Waals surface area contributed by atoms with Crippen LogP contribution in [-0.2, 0) is 10.0 Å². The van der Waals surface area contributed by atoms with Crippen LogP contribution in [0.25, 0.3) is 0 Å². The van der Waals surface area contributed by atoms with Gasteiger partial charge in [-0.3, -0.25) is 0 Å². The number of hydrogen-bond acceptors (Lipinski definition) is 3. The number of nitrogen functional groups attached to an aromatic ring is 1. The predicted octanol–water partition coefficient (Wildman–Crippen LogP) is 2.41. The van der Waals surface area contributed by atoms with Crippen molar-refractivity contribution in [1.82, 2.24) is 4.72 Å². The van der Waals surface area contributed by atoms with E-state index in [1.807, 2.05) is 19.1 Å². The molecule has 0 spiro atoms. The highest BCUT2D eigenvalue weighted by Gasteiger charge is 2.18. The predicted molar refractivity (Wildman–Crippen MR) is 73.1 cm³/mol. The Morgan fingerprint density at radius 2 is 2.17 bits per heavy atom. The first kappa shape index (κ1) is 15.1. The average Bonchev–Trinajstić information content (AvgIpc) is 2.29. The van der Waals surface area contributed by atoms with Crippen LogP contribution < -0.4 is 10.5 Å². The van der Waals surface area contributed by atoms with E-state index in [0.717, 1.165) is 12.1 Å². The first-order valence-corrected chi connectivity index (χ1v) is 7.51. The Kier molecular flexibility index (Phi) is 5.30. The summed E-state index contributed by atoms with van der Waals surface area (Å²) < 4.78 is 39.4. The number of nitrogens with one attached hydrogen (secondary N) is 1. The lowest BCUT2D eigenvalue weighted by molar-refractivity contribution is 0.581. The fourth-order valence-corrected chi connectivity index (χ4v) is 2.98. The zero-order chi connectivity index (χ0) is 13.8. The molecular weight excluding hydrogens is 323 g/mol. The zero-order valence-corrected chi connectivity index (χ0v) is 12.2. The number of hydrogen-bond donors (Lipinski definition) is 2. The molecule has 3 N–H and O–H groups in total. The summed E-state index contributed by atoms with van der Waals surface area (Å²) in [7, 11) is -3.72. The van der Waals surface area contributed by atoms with E-state index in [2.05, 4.69) is 20.7 Å². The molecule has 0 aliphatic heterocycles. The molecule has 0 aromatic heterocycles. The highest BCUT2D eigenvalue weighted by Crippen LogP contribution is 2.25. The van der Waals surface area contributed by atoms with Gasteiger partial charge in [0.15, 0.2) is 0 Å². The van der Waals surface area contributed by atoms with Crippen LogP contribution in [0.15, 0.2) is 33.7 Å². The van der Waals surface area contributed by atoms with Gasteiger partial charge in [0.2, 0.25) is 10.0 Å². The summed E-state index contributed by atoms with van der Waals surface area (Å²) >= 11 is 2.93. The molecule has 0 fully saturated rings. The van der Waals surface area contributed by atoms with Crippen LogP contribution in [0.3, 0.4) is 0 Å². The molecule has 0 amide bonds. The fourth-order valence-electron chi connectivity index (χ4n) is 1.30. The molecule has 0 aliphatic rings. The summed E-state index contributed by atoms with van der Waals surface area (Å²) in [5.74, 6) is -0.597. The summed E-state index contributed by atoms with van der Waals surface area (Å²) in [6.07, 6.45) is 4.25. The van der Waals surface area contributed by atoms with E-state index >= 15 is 0 Å². The Balaban J connectivity index is 2.95. The summed E-state index contributed by atoms with van der Waals surface area (Å²) in [5, 5.41) is 0. The molecule has 1 aromatic carbocycles. The molecule has 0 unspecified atom stereocenters. The maximum atomic E-state index is 13.1. The van der Waals surface area contributed by atoms with Crippen molar-refractivity contribution in [2.75, 3.05) is 12.3 Å². The molecule has 0 bridgehead atoms. The highest BCUT2D eigenvalue weighted by atomic mass is 79.9. The third kappa shape index (κ3) is 3.79. The van der Waals surface area contributed by atoms with Crippen molar-refractivity contribution in [3.8, 4) is 0 Å². The lowest BCUT2D eigenvalue weighted by Crippen LogP contribution is -2.25. The minimum Gasteiger partial charge on any atom is -0.398 e. The molecule has 1 rings (SSSR count). The number of allylic oxidation sites excluding steroid dienone is 1. The number of sulfonamides is 1. The Morgan fingerprint density at radius 3 is 2.78 bits per heavy atom. The Hall–Kier alpha value is -0.920. The lowest BCUT2D eigenvalue weighted by atomic mass is 10.3. The normalized spacial score (nSPS) is 12.2. The van der Waals surface area contributed by atoms with E-state index in [4.69, 9.17) is 5.73 Å². The second kappa shape index (κ2) is 6.31. The van der Waals surface area contributed by atoms with Crippen molar-refractivity contribution < 1.29 is 12.8 Å². The molecule has 100 valence electrons.